The Morgan fingerprint density at radius 3 is 2.11 bits per heavy atom. The van der Waals surface area contributed by atoms with E-state index < -0.39 is 0 Å². The van der Waals surface area contributed by atoms with Gasteiger partial charge in [0.1, 0.15) is 0 Å². The lowest BCUT2D eigenvalue weighted by atomic mass is 10.2. The number of rotatable bonds is 5. The van der Waals surface area contributed by atoms with Gasteiger partial charge in [-0.25, -0.2) is 0 Å². The summed E-state index contributed by atoms with van der Waals surface area (Å²) >= 11 is 0. The van der Waals surface area contributed by atoms with Crippen LogP contribution in [0.3, 0.4) is 0 Å². The van der Waals surface area contributed by atoms with Crippen LogP contribution >= 0.6 is 0 Å². The summed E-state index contributed by atoms with van der Waals surface area (Å²) in [5.74, 6) is 0.834. The third-order valence-electron chi connectivity index (χ3n) is 4.64. The van der Waals surface area contributed by atoms with Crippen molar-refractivity contribution in [1.82, 2.24) is 15.5 Å². The van der Waals surface area contributed by atoms with Crippen LogP contribution in [0.1, 0.15) is 10.4 Å². The molecule has 0 atom stereocenters. The molecule has 1 saturated heterocycles. The number of amides is 1. The first-order valence-corrected chi connectivity index (χ1v) is 9.37. The van der Waals surface area contributed by atoms with Crippen LogP contribution in [0.4, 0.5) is 5.69 Å². The van der Waals surface area contributed by atoms with E-state index in [1.807, 2.05) is 36.4 Å². The van der Waals surface area contributed by atoms with Crippen molar-refractivity contribution >= 4 is 17.6 Å². The number of nitrogens with one attached hydrogen (secondary N) is 2. The van der Waals surface area contributed by atoms with Gasteiger partial charge in [-0.2, -0.15) is 0 Å². The second-order valence-electron chi connectivity index (χ2n) is 6.41. The third-order valence-corrected chi connectivity index (χ3v) is 4.64. The Morgan fingerprint density at radius 2 is 1.48 bits per heavy atom. The number of anilines is 1. The van der Waals surface area contributed by atoms with Crippen LogP contribution in [0.25, 0.3) is 0 Å². The van der Waals surface area contributed by atoms with Crippen LogP contribution in [0.5, 0.6) is 0 Å². The van der Waals surface area contributed by atoms with Crippen LogP contribution in [-0.4, -0.2) is 63.1 Å². The Kier molecular flexibility index (Phi) is 6.68. The predicted molar refractivity (Wildman–Crippen MR) is 110 cm³/mol. The Hall–Kier alpha value is -3.02. The van der Waals surface area contributed by atoms with Gasteiger partial charge in [-0.1, -0.05) is 36.4 Å². The van der Waals surface area contributed by atoms with Crippen molar-refractivity contribution in [2.24, 2.45) is 4.99 Å². The van der Waals surface area contributed by atoms with Crippen molar-refractivity contribution in [3.63, 3.8) is 0 Å². The van der Waals surface area contributed by atoms with Crippen molar-refractivity contribution in [2.75, 3.05) is 51.2 Å². The van der Waals surface area contributed by atoms with E-state index in [0.717, 1.165) is 32.1 Å². The molecule has 0 spiro atoms. The van der Waals surface area contributed by atoms with Gasteiger partial charge in [-0.05, 0) is 24.3 Å². The normalized spacial score (nSPS) is 14.8. The minimum Gasteiger partial charge on any atom is -0.368 e. The number of guanidine groups is 1. The van der Waals surface area contributed by atoms with E-state index in [4.69, 9.17) is 0 Å². The molecule has 0 aliphatic carbocycles. The lowest BCUT2D eigenvalue weighted by molar-refractivity contribution is 0.0954. The fourth-order valence-corrected chi connectivity index (χ4v) is 3.19. The highest BCUT2D eigenvalue weighted by Gasteiger charge is 2.19. The zero-order valence-electron chi connectivity index (χ0n) is 15.8. The molecule has 142 valence electrons. The zero-order valence-corrected chi connectivity index (χ0v) is 15.8. The smallest absolute Gasteiger partial charge is 0.251 e. The summed E-state index contributed by atoms with van der Waals surface area (Å²) in [5.41, 5.74) is 1.95. The molecule has 6 nitrogen and oxygen atoms in total. The maximum absolute atomic E-state index is 12.0. The lowest BCUT2D eigenvalue weighted by Crippen LogP contribution is -2.53. The first kappa shape index (κ1) is 18.8. The van der Waals surface area contributed by atoms with E-state index in [1.54, 1.807) is 7.05 Å². The molecular formula is C21H27N5O. The standard InChI is InChI=1S/C21H27N5O/c1-22-21(24-13-12-23-20(27)18-8-4-2-5-9-18)26-16-14-25(15-17-26)19-10-6-3-7-11-19/h2-11H,12-17H2,1H3,(H,22,24)(H,23,27). The molecule has 1 fully saturated rings. The van der Waals surface area contributed by atoms with Crippen molar-refractivity contribution in [1.29, 1.82) is 0 Å². The molecule has 3 rings (SSSR count). The highest BCUT2D eigenvalue weighted by molar-refractivity contribution is 5.94. The zero-order chi connectivity index (χ0) is 18.9. The van der Waals surface area contributed by atoms with Crippen LogP contribution in [0.2, 0.25) is 0 Å². The van der Waals surface area contributed by atoms with Crippen molar-refractivity contribution in [3.8, 4) is 0 Å². The predicted octanol–water partition coefficient (Wildman–Crippen LogP) is 1.81. The molecule has 1 aliphatic heterocycles. The van der Waals surface area contributed by atoms with E-state index in [9.17, 15) is 4.79 Å². The molecule has 27 heavy (non-hydrogen) atoms. The Bertz CT molecular complexity index is 740. The molecule has 1 heterocycles. The highest BCUT2D eigenvalue weighted by atomic mass is 16.1. The summed E-state index contributed by atoms with van der Waals surface area (Å²) in [6.45, 7) is 4.97. The third kappa shape index (κ3) is 5.23. The second kappa shape index (κ2) is 9.62. The molecule has 0 bridgehead atoms. The van der Waals surface area contributed by atoms with Gasteiger partial charge in [-0.15, -0.1) is 0 Å². The molecule has 0 saturated carbocycles. The van der Waals surface area contributed by atoms with Gasteiger partial charge in [0, 0.05) is 57.6 Å². The Balaban J connectivity index is 1.40. The average molecular weight is 365 g/mol. The van der Waals surface area contributed by atoms with Crippen molar-refractivity contribution < 1.29 is 4.79 Å². The first-order chi connectivity index (χ1) is 13.3. The van der Waals surface area contributed by atoms with Crippen LogP contribution in [0.15, 0.2) is 65.7 Å². The van der Waals surface area contributed by atoms with E-state index >= 15 is 0 Å². The highest BCUT2D eigenvalue weighted by Crippen LogP contribution is 2.15. The lowest BCUT2D eigenvalue weighted by Gasteiger charge is -2.37. The fraction of sp³-hybridized carbons (Fsp3) is 0.333. The number of piperazine rings is 1. The molecule has 6 heteroatoms. The molecule has 1 aliphatic rings. The maximum Gasteiger partial charge on any atom is 0.251 e. The largest absolute Gasteiger partial charge is 0.368 e. The summed E-state index contributed by atoms with van der Waals surface area (Å²) in [6.07, 6.45) is 0. The van der Waals surface area contributed by atoms with E-state index in [-0.39, 0.29) is 5.91 Å². The van der Waals surface area contributed by atoms with Gasteiger partial charge in [0.05, 0.1) is 0 Å². The molecule has 1 amide bonds. The van der Waals surface area contributed by atoms with E-state index in [0.29, 0.717) is 18.7 Å². The Morgan fingerprint density at radius 1 is 0.889 bits per heavy atom. The number of aliphatic imine (C=N–C) groups is 1. The number of carbonyl (C=O) groups is 1. The summed E-state index contributed by atoms with van der Waals surface area (Å²) in [7, 11) is 1.80. The van der Waals surface area contributed by atoms with Crippen molar-refractivity contribution in [3.05, 3.63) is 66.2 Å². The molecule has 2 N–H and O–H groups in total. The Labute approximate surface area is 160 Å². The minimum atomic E-state index is -0.0520. The van der Waals surface area contributed by atoms with Crippen LogP contribution < -0.4 is 15.5 Å². The topological polar surface area (TPSA) is 60.0 Å². The van der Waals surface area contributed by atoms with Crippen LogP contribution in [0, 0.1) is 0 Å². The van der Waals surface area contributed by atoms with Gasteiger partial charge >= 0.3 is 0 Å². The molecule has 0 unspecified atom stereocenters. The maximum atomic E-state index is 12.0. The SMILES string of the molecule is CN=C(NCCNC(=O)c1ccccc1)N1CCN(c2ccccc2)CC1. The average Bonchev–Trinajstić information content (AvgIpc) is 2.75. The van der Waals surface area contributed by atoms with Gasteiger partial charge in [-0.3, -0.25) is 9.79 Å². The number of nitrogens with zero attached hydrogens (tertiary/aromatic N) is 3. The number of carbonyl (C=O) groups excluding carboxylic acids is 1. The molecule has 2 aromatic rings. The number of para-hydroxylation sites is 1. The molecule has 0 aromatic heterocycles. The van der Waals surface area contributed by atoms with Gasteiger partial charge in [0.2, 0.25) is 0 Å². The van der Waals surface area contributed by atoms with Gasteiger partial charge in [0.25, 0.3) is 5.91 Å². The molecule has 0 radical (unpaired) electrons. The quantitative estimate of drug-likeness (QED) is 0.482. The summed E-state index contributed by atoms with van der Waals surface area (Å²) in [5, 5.41) is 6.27. The van der Waals surface area contributed by atoms with Crippen molar-refractivity contribution in [2.45, 2.75) is 0 Å². The number of hydrogen-bond acceptors (Lipinski definition) is 3. The van der Waals surface area contributed by atoms with E-state index in [1.165, 1.54) is 5.69 Å². The number of benzene rings is 2. The number of hydrogen-bond donors (Lipinski definition) is 2. The molecular weight excluding hydrogens is 338 g/mol. The monoisotopic (exact) mass is 365 g/mol. The summed E-state index contributed by atoms with van der Waals surface area (Å²) in [4.78, 5) is 21.1. The fourth-order valence-electron chi connectivity index (χ4n) is 3.19. The minimum absolute atomic E-state index is 0.0520. The first-order valence-electron chi connectivity index (χ1n) is 9.37. The van der Waals surface area contributed by atoms with Gasteiger partial charge in [0.15, 0.2) is 5.96 Å². The van der Waals surface area contributed by atoms with E-state index in [2.05, 4.69) is 49.7 Å². The van der Waals surface area contributed by atoms with Crippen LogP contribution in [-0.2, 0) is 0 Å². The van der Waals surface area contributed by atoms with Gasteiger partial charge < -0.3 is 20.4 Å². The summed E-state index contributed by atoms with van der Waals surface area (Å²) < 4.78 is 0. The second-order valence-corrected chi connectivity index (χ2v) is 6.41. The summed E-state index contributed by atoms with van der Waals surface area (Å²) in [6, 6.07) is 19.8. The molecule has 2 aromatic carbocycles.